The number of anilines is 1. The van der Waals surface area contributed by atoms with Gasteiger partial charge in [0.2, 0.25) is 0 Å². The highest BCUT2D eigenvalue weighted by molar-refractivity contribution is 7.90. The lowest BCUT2D eigenvalue weighted by atomic mass is 10.2. The van der Waals surface area contributed by atoms with E-state index in [1.54, 1.807) is 0 Å². The van der Waals surface area contributed by atoms with Crippen LogP contribution in [0.25, 0.3) is 10.9 Å². The van der Waals surface area contributed by atoms with Crippen molar-refractivity contribution in [1.29, 1.82) is 0 Å². The lowest BCUT2D eigenvalue weighted by Crippen LogP contribution is -2.16. The van der Waals surface area contributed by atoms with Gasteiger partial charge in [0.15, 0.2) is 0 Å². The van der Waals surface area contributed by atoms with Gasteiger partial charge in [-0.15, -0.1) is 0 Å². The Labute approximate surface area is 185 Å². The van der Waals surface area contributed by atoms with Gasteiger partial charge in [0.1, 0.15) is 11.6 Å². The number of aromatic nitrogens is 2. The highest BCUT2D eigenvalue weighted by atomic mass is 35.5. The predicted octanol–water partition coefficient (Wildman–Crippen LogP) is 5.11. The molecule has 0 fully saturated rings. The molecule has 0 unspecified atom stereocenters. The fourth-order valence-corrected chi connectivity index (χ4v) is 4.56. The number of nitrogens with one attached hydrogen (secondary N) is 1. The smallest absolute Gasteiger partial charge is 0.283 e. The number of hydrogen-bond acceptors (Lipinski definition) is 4. The van der Waals surface area contributed by atoms with E-state index in [2.05, 4.69) is 10.4 Å². The van der Waals surface area contributed by atoms with E-state index in [-0.39, 0.29) is 31.7 Å². The molecule has 1 aromatic heterocycles. The number of nitrogens with zero attached hydrogens (tertiary/aromatic N) is 2. The number of rotatable bonds is 4. The summed E-state index contributed by atoms with van der Waals surface area (Å²) in [5, 5.41) is 6.51. The number of amides is 1. The topological polar surface area (TPSA) is 81.1 Å². The first-order chi connectivity index (χ1) is 14.7. The Kier molecular flexibility index (Phi) is 5.42. The fraction of sp³-hybridized carbons (Fsp3) is 0. The number of halogens is 4. The minimum absolute atomic E-state index is 0.0732. The van der Waals surface area contributed by atoms with E-state index in [1.165, 1.54) is 36.5 Å². The van der Waals surface area contributed by atoms with Crippen LogP contribution in [0, 0.1) is 11.6 Å². The highest BCUT2D eigenvalue weighted by Gasteiger charge is 2.22. The Bertz CT molecular complexity index is 1440. The highest BCUT2D eigenvalue weighted by Crippen LogP contribution is 2.26. The molecular weight excluding hydrogens is 471 g/mol. The van der Waals surface area contributed by atoms with Crippen molar-refractivity contribution in [2.45, 2.75) is 4.90 Å². The van der Waals surface area contributed by atoms with Gasteiger partial charge in [-0.05, 0) is 48.5 Å². The summed E-state index contributed by atoms with van der Waals surface area (Å²) in [7, 11) is -4.26. The third kappa shape index (κ3) is 3.87. The molecule has 0 atom stereocenters. The molecule has 0 aliphatic heterocycles. The molecule has 31 heavy (non-hydrogen) atoms. The second kappa shape index (κ2) is 7.92. The lowest BCUT2D eigenvalue weighted by molar-refractivity contribution is 0.102. The van der Waals surface area contributed by atoms with Crippen LogP contribution in [0.2, 0.25) is 10.0 Å². The number of carbonyl (C=O) groups is 1. The molecule has 3 aromatic carbocycles. The van der Waals surface area contributed by atoms with Crippen LogP contribution in [0.15, 0.2) is 65.7 Å². The average Bonchev–Trinajstić information content (AvgIpc) is 3.14. The van der Waals surface area contributed by atoms with Crippen molar-refractivity contribution in [3.05, 3.63) is 88.0 Å². The predicted molar refractivity (Wildman–Crippen MR) is 113 cm³/mol. The van der Waals surface area contributed by atoms with E-state index in [4.69, 9.17) is 23.2 Å². The summed E-state index contributed by atoms with van der Waals surface area (Å²) < 4.78 is 54.4. The zero-order chi connectivity index (χ0) is 22.3. The van der Waals surface area contributed by atoms with Gasteiger partial charge in [0.05, 0.1) is 32.2 Å². The van der Waals surface area contributed by atoms with Gasteiger partial charge in [-0.1, -0.05) is 29.3 Å². The molecule has 0 bridgehead atoms. The number of carbonyl (C=O) groups excluding carboxylic acids is 1. The monoisotopic (exact) mass is 481 g/mol. The summed E-state index contributed by atoms with van der Waals surface area (Å²) in [6, 6.07) is 11.3. The van der Waals surface area contributed by atoms with Gasteiger partial charge < -0.3 is 5.32 Å². The number of benzene rings is 3. The summed E-state index contributed by atoms with van der Waals surface area (Å²) in [6.45, 7) is 0. The molecule has 0 radical (unpaired) electrons. The van der Waals surface area contributed by atoms with Crippen LogP contribution in [0.5, 0.6) is 0 Å². The summed E-state index contributed by atoms with van der Waals surface area (Å²) >= 11 is 11.5. The van der Waals surface area contributed by atoms with Gasteiger partial charge in [0.25, 0.3) is 15.9 Å². The third-order valence-electron chi connectivity index (χ3n) is 4.40. The van der Waals surface area contributed by atoms with Crippen molar-refractivity contribution >= 4 is 55.7 Å². The Balaban J connectivity index is 1.74. The molecule has 0 spiro atoms. The molecule has 0 aliphatic rings. The molecule has 0 saturated carbocycles. The first kappa shape index (κ1) is 21.2. The van der Waals surface area contributed by atoms with Crippen LogP contribution in [-0.4, -0.2) is 23.5 Å². The summed E-state index contributed by atoms with van der Waals surface area (Å²) in [5.41, 5.74) is -0.0501. The Morgan fingerprint density at radius 1 is 0.968 bits per heavy atom. The largest absolute Gasteiger partial charge is 0.322 e. The molecule has 4 aromatic rings. The molecule has 0 aliphatic carbocycles. The second-order valence-electron chi connectivity index (χ2n) is 6.39. The molecule has 6 nitrogen and oxygen atoms in total. The lowest BCUT2D eigenvalue weighted by Gasteiger charge is -2.10. The quantitative estimate of drug-likeness (QED) is 0.439. The van der Waals surface area contributed by atoms with Crippen molar-refractivity contribution in [2.24, 2.45) is 0 Å². The first-order valence-corrected chi connectivity index (χ1v) is 10.8. The van der Waals surface area contributed by atoms with Crippen LogP contribution in [0.1, 0.15) is 10.4 Å². The van der Waals surface area contributed by atoms with Crippen LogP contribution in [-0.2, 0) is 10.0 Å². The molecule has 1 N–H and O–H groups in total. The van der Waals surface area contributed by atoms with Crippen LogP contribution in [0.3, 0.4) is 0 Å². The molecule has 4 rings (SSSR count). The van der Waals surface area contributed by atoms with Gasteiger partial charge >= 0.3 is 0 Å². The Morgan fingerprint density at radius 3 is 2.45 bits per heavy atom. The van der Waals surface area contributed by atoms with Crippen molar-refractivity contribution in [2.75, 3.05) is 5.32 Å². The average molecular weight is 482 g/mol. The van der Waals surface area contributed by atoms with E-state index < -0.39 is 27.6 Å². The molecule has 1 amide bonds. The molecular formula is C20H11Cl2F2N3O3S. The fourth-order valence-electron chi connectivity index (χ4n) is 2.91. The summed E-state index contributed by atoms with van der Waals surface area (Å²) in [6.07, 6.45) is 1.30. The van der Waals surface area contributed by atoms with Crippen LogP contribution in [0.4, 0.5) is 14.5 Å². The maximum Gasteiger partial charge on any atom is 0.283 e. The van der Waals surface area contributed by atoms with E-state index >= 15 is 0 Å². The van der Waals surface area contributed by atoms with Crippen LogP contribution < -0.4 is 5.32 Å². The van der Waals surface area contributed by atoms with Gasteiger partial charge in [-0.2, -0.15) is 17.6 Å². The summed E-state index contributed by atoms with van der Waals surface area (Å²) in [5.74, 6) is -2.51. The normalized spacial score (nSPS) is 11.6. The molecule has 0 saturated heterocycles. The standard InChI is InChI=1S/C20H11Cl2F2N3O3S/c21-14-7-6-13(9-17(14)24)31(29,30)27-18-8-12(5-4-11(18)10-25-27)26-20(28)19-15(22)2-1-3-16(19)23/h1-10H,(H,26,28). The minimum atomic E-state index is -4.26. The van der Waals surface area contributed by atoms with Gasteiger partial charge in [-0.3, -0.25) is 4.79 Å². The van der Waals surface area contributed by atoms with Crippen LogP contribution >= 0.6 is 23.2 Å². The Morgan fingerprint density at radius 2 is 1.74 bits per heavy atom. The van der Waals surface area contributed by atoms with Crippen molar-refractivity contribution in [3.63, 3.8) is 0 Å². The molecule has 1 heterocycles. The SMILES string of the molecule is O=C(Nc1ccc2cnn(S(=O)(=O)c3ccc(Cl)c(F)c3)c2c1)c1c(F)cccc1Cl. The number of fused-ring (bicyclic) bond motifs is 1. The van der Waals surface area contributed by atoms with Gasteiger partial charge in [-0.25, -0.2) is 8.78 Å². The maximum atomic E-state index is 14.0. The second-order valence-corrected chi connectivity index (χ2v) is 8.97. The van der Waals surface area contributed by atoms with E-state index in [0.29, 0.717) is 9.47 Å². The minimum Gasteiger partial charge on any atom is -0.322 e. The number of hydrogen-bond donors (Lipinski definition) is 1. The maximum absolute atomic E-state index is 14.0. The third-order valence-corrected chi connectivity index (χ3v) is 6.62. The van der Waals surface area contributed by atoms with E-state index in [1.807, 2.05) is 0 Å². The zero-order valence-corrected chi connectivity index (χ0v) is 17.6. The zero-order valence-electron chi connectivity index (χ0n) is 15.3. The van der Waals surface area contributed by atoms with Crippen molar-refractivity contribution in [3.8, 4) is 0 Å². The van der Waals surface area contributed by atoms with Crippen molar-refractivity contribution in [1.82, 2.24) is 9.19 Å². The first-order valence-electron chi connectivity index (χ1n) is 8.62. The molecule has 158 valence electrons. The Hall–Kier alpha value is -3.01. The van der Waals surface area contributed by atoms with Crippen molar-refractivity contribution < 1.29 is 22.0 Å². The van der Waals surface area contributed by atoms with Gasteiger partial charge in [0, 0.05) is 11.1 Å². The summed E-state index contributed by atoms with van der Waals surface area (Å²) in [4.78, 5) is 12.1. The molecule has 11 heteroatoms. The van der Waals surface area contributed by atoms with E-state index in [9.17, 15) is 22.0 Å². The van der Waals surface area contributed by atoms with E-state index in [0.717, 1.165) is 24.3 Å².